The van der Waals surface area contributed by atoms with E-state index in [1.807, 2.05) is 0 Å². The first-order valence-corrected chi connectivity index (χ1v) is 10.7. The molecule has 1 N–H and O–H groups in total. The molecule has 30 heavy (non-hydrogen) atoms. The Morgan fingerprint density at radius 2 is 1.80 bits per heavy atom. The molecule has 6 nitrogen and oxygen atoms in total. The Morgan fingerprint density at radius 1 is 1.13 bits per heavy atom. The summed E-state index contributed by atoms with van der Waals surface area (Å²) < 4.78 is 71.7. The van der Waals surface area contributed by atoms with E-state index in [1.165, 1.54) is 18.2 Å². The summed E-state index contributed by atoms with van der Waals surface area (Å²) in [5, 5.41) is -0.191. The Hall–Kier alpha value is -2.30. The maximum atomic E-state index is 12.9. The third kappa shape index (κ3) is 4.88. The van der Waals surface area contributed by atoms with Crippen LogP contribution in [0.25, 0.3) is 0 Å². The number of alkyl halides is 3. The number of carbonyl (C=O) groups excluding carboxylic acids is 1. The van der Waals surface area contributed by atoms with Crippen LogP contribution >= 0.6 is 11.6 Å². The Labute approximate surface area is 176 Å². The van der Waals surface area contributed by atoms with Crippen molar-refractivity contribution in [3.05, 3.63) is 58.1 Å². The molecule has 0 radical (unpaired) electrons. The number of hydrogen-bond donors (Lipinski definition) is 1. The molecule has 1 amide bonds. The van der Waals surface area contributed by atoms with E-state index in [-0.39, 0.29) is 21.4 Å². The van der Waals surface area contributed by atoms with Crippen LogP contribution in [0, 0.1) is 6.92 Å². The Bertz CT molecular complexity index is 1070. The monoisotopic (exact) mass is 462 g/mol. The summed E-state index contributed by atoms with van der Waals surface area (Å²) in [7, 11) is -4.30. The number of morpholine rings is 1. The second-order valence-electron chi connectivity index (χ2n) is 6.68. The van der Waals surface area contributed by atoms with Crippen LogP contribution in [-0.4, -0.2) is 45.5 Å². The van der Waals surface area contributed by atoms with Crippen LogP contribution in [0.5, 0.6) is 0 Å². The van der Waals surface area contributed by atoms with Crippen LogP contribution in [0.15, 0.2) is 41.3 Å². The molecule has 0 spiro atoms. The van der Waals surface area contributed by atoms with Crippen molar-refractivity contribution in [3.63, 3.8) is 0 Å². The van der Waals surface area contributed by atoms with E-state index in [0.717, 1.165) is 12.1 Å². The molecule has 0 atom stereocenters. The number of nitrogens with one attached hydrogen (secondary N) is 1. The number of nitrogens with zero attached hydrogens (tertiary/aromatic N) is 1. The molecule has 2 aromatic carbocycles. The van der Waals surface area contributed by atoms with Gasteiger partial charge in [0, 0.05) is 18.7 Å². The minimum Gasteiger partial charge on any atom is -0.378 e. The van der Waals surface area contributed by atoms with E-state index in [1.54, 1.807) is 11.8 Å². The predicted octanol–water partition coefficient (Wildman–Crippen LogP) is 3.94. The summed E-state index contributed by atoms with van der Waals surface area (Å²) in [6, 6.07) is 6.28. The minimum atomic E-state index is -4.66. The van der Waals surface area contributed by atoms with Crippen LogP contribution < -0.4 is 4.72 Å². The Balaban J connectivity index is 1.93. The van der Waals surface area contributed by atoms with E-state index in [4.69, 9.17) is 16.3 Å². The number of rotatable bonds is 4. The number of carbonyl (C=O) groups is 1. The number of anilines is 1. The lowest BCUT2D eigenvalue weighted by molar-refractivity contribution is -0.137. The van der Waals surface area contributed by atoms with Crippen molar-refractivity contribution in [2.45, 2.75) is 18.0 Å². The van der Waals surface area contributed by atoms with Crippen LogP contribution in [0.2, 0.25) is 5.02 Å². The summed E-state index contributed by atoms with van der Waals surface area (Å²) in [4.78, 5) is 14.1. The first-order valence-electron chi connectivity index (χ1n) is 8.86. The lowest BCUT2D eigenvalue weighted by atomic mass is 10.1. The van der Waals surface area contributed by atoms with Gasteiger partial charge in [-0.3, -0.25) is 9.52 Å². The molecule has 0 unspecified atom stereocenters. The standard InChI is InChI=1S/C19H18ClF3N2O4S/c1-12-2-4-14(11-15(12)18(26)25-6-8-29-9-7-25)30(27,28)24-17-10-13(19(21,22)23)3-5-16(17)20/h2-5,10-11,24H,6-9H2,1H3. The van der Waals surface area contributed by atoms with Crippen LogP contribution in [0.1, 0.15) is 21.5 Å². The summed E-state index contributed by atoms with van der Waals surface area (Å²) in [5.41, 5.74) is -0.692. The quantitative estimate of drug-likeness (QED) is 0.746. The fourth-order valence-electron chi connectivity index (χ4n) is 2.92. The second-order valence-corrected chi connectivity index (χ2v) is 8.77. The summed E-state index contributed by atoms with van der Waals surface area (Å²) in [5.74, 6) is -0.343. The van der Waals surface area contributed by atoms with Crippen molar-refractivity contribution >= 4 is 33.2 Å². The summed E-state index contributed by atoms with van der Waals surface area (Å²) in [6.07, 6.45) is -4.66. The molecule has 0 saturated carbocycles. The van der Waals surface area contributed by atoms with E-state index in [2.05, 4.69) is 4.72 Å². The average Bonchev–Trinajstić information content (AvgIpc) is 2.69. The van der Waals surface area contributed by atoms with Crippen molar-refractivity contribution in [2.24, 2.45) is 0 Å². The SMILES string of the molecule is Cc1ccc(S(=O)(=O)Nc2cc(C(F)(F)F)ccc2Cl)cc1C(=O)N1CCOCC1. The molecule has 1 aliphatic rings. The van der Waals surface area contributed by atoms with Gasteiger partial charge in [-0.05, 0) is 42.8 Å². The lowest BCUT2D eigenvalue weighted by Crippen LogP contribution is -2.41. The topological polar surface area (TPSA) is 75.7 Å². The number of aryl methyl sites for hydroxylation is 1. The fourth-order valence-corrected chi connectivity index (χ4v) is 4.24. The highest BCUT2D eigenvalue weighted by Crippen LogP contribution is 2.34. The third-order valence-electron chi connectivity index (χ3n) is 4.59. The Morgan fingerprint density at radius 3 is 2.43 bits per heavy atom. The lowest BCUT2D eigenvalue weighted by Gasteiger charge is -2.27. The van der Waals surface area contributed by atoms with E-state index in [0.29, 0.717) is 37.9 Å². The number of hydrogen-bond acceptors (Lipinski definition) is 4. The number of halogens is 4. The maximum Gasteiger partial charge on any atom is 0.416 e. The van der Waals surface area contributed by atoms with Crippen molar-refractivity contribution in [1.29, 1.82) is 0 Å². The largest absolute Gasteiger partial charge is 0.416 e. The summed E-state index contributed by atoms with van der Waals surface area (Å²) in [6.45, 7) is 3.21. The molecule has 162 valence electrons. The van der Waals surface area contributed by atoms with Gasteiger partial charge in [-0.25, -0.2) is 8.42 Å². The highest BCUT2D eigenvalue weighted by Gasteiger charge is 2.31. The molecule has 2 aromatic rings. The van der Waals surface area contributed by atoms with Crippen LogP contribution in [0.3, 0.4) is 0 Å². The first-order chi connectivity index (χ1) is 14.0. The van der Waals surface area contributed by atoms with E-state index < -0.39 is 27.5 Å². The van der Waals surface area contributed by atoms with Gasteiger partial charge in [0.1, 0.15) is 0 Å². The highest BCUT2D eigenvalue weighted by atomic mass is 35.5. The van der Waals surface area contributed by atoms with Gasteiger partial charge < -0.3 is 9.64 Å². The highest BCUT2D eigenvalue weighted by molar-refractivity contribution is 7.92. The summed E-state index contributed by atoms with van der Waals surface area (Å²) >= 11 is 5.88. The second kappa shape index (κ2) is 8.44. The van der Waals surface area contributed by atoms with E-state index in [9.17, 15) is 26.4 Å². The molecule has 1 saturated heterocycles. The normalized spacial score (nSPS) is 15.2. The molecule has 0 aromatic heterocycles. The predicted molar refractivity (Wildman–Crippen MR) is 105 cm³/mol. The van der Waals surface area contributed by atoms with Gasteiger partial charge in [0.2, 0.25) is 0 Å². The van der Waals surface area contributed by atoms with Crippen LogP contribution in [-0.2, 0) is 20.9 Å². The average molecular weight is 463 g/mol. The first kappa shape index (κ1) is 22.4. The molecule has 1 aliphatic heterocycles. The number of benzene rings is 2. The molecule has 1 heterocycles. The van der Waals surface area contributed by atoms with Gasteiger partial charge in [-0.2, -0.15) is 13.2 Å². The van der Waals surface area contributed by atoms with Crippen molar-refractivity contribution in [1.82, 2.24) is 4.90 Å². The smallest absolute Gasteiger partial charge is 0.378 e. The van der Waals surface area contributed by atoms with E-state index >= 15 is 0 Å². The van der Waals surface area contributed by atoms with Crippen LogP contribution in [0.4, 0.5) is 18.9 Å². The van der Waals surface area contributed by atoms with Crippen molar-refractivity contribution in [2.75, 3.05) is 31.0 Å². The Kier molecular flexibility index (Phi) is 6.30. The van der Waals surface area contributed by atoms with Crippen molar-refractivity contribution in [3.8, 4) is 0 Å². The maximum absolute atomic E-state index is 12.9. The van der Waals surface area contributed by atoms with Crippen molar-refractivity contribution < 1.29 is 31.1 Å². The van der Waals surface area contributed by atoms with Gasteiger partial charge in [0.05, 0.1) is 34.4 Å². The fraction of sp³-hybridized carbons (Fsp3) is 0.316. The van der Waals surface area contributed by atoms with Gasteiger partial charge in [0.15, 0.2) is 0 Å². The zero-order chi connectivity index (χ0) is 22.1. The molecule has 0 bridgehead atoms. The van der Waals surface area contributed by atoms with Gasteiger partial charge >= 0.3 is 6.18 Å². The number of ether oxygens (including phenoxy) is 1. The minimum absolute atomic E-state index is 0.190. The molecular weight excluding hydrogens is 445 g/mol. The molecule has 0 aliphatic carbocycles. The van der Waals surface area contributed by atoms with Gasteiger partial charge in [0.25, 0.3) is 15.9 Å². The zero-order valence-corrected chi connectivity index (χ0v) is 17.4. The van der Waals surface area contributed by atoms with Gasteiger partial charge in [-0.1, -0.05) is 17.7 Å². The molecular formula is C19H18ClF3N2O4S. The third-order valence-corrected chi connectivity index (χ3v) is 6.28. The number of sulfonamides is 1. The number of amides is 1. The van der Waals surface area contributed by atoms with Gasteiger partial charge in [-0.15, -0.1) is 0 Å². The zero-order valence-electron chi connectivity index (χ0n) is 15.8. The molecule has 1 fully saturated rings. The molecule has 3 rings (SSSR count). The molecule has 11 heteroatoms.